The van der Waals surface area contributed by atoms with Gasteiger partial charge in [0.25, 0.3) is 5.91 Å². The number of likely N-dealkylation sites (N-methyl/N-ethyl adjacent to an activating group) is 1. The Morgan fingerprint density at radius 2 is 1.95 bits per heavy atom. The number of para-hydroxylation sites is 1. The van der Waals surface area contributed by atoms with Crippen LogP contribution in [0.15, 0.2) is 18.2 Å². The van der Waals surface area contributed by atoms with Gasteiger partial charge in [-0.3, -0.25) is 4.79 Å². The quantitative estimate of drug-likeness (QED) is 0.707. The number of phenols is 2. The zero-order chi connectivity index (χ0) is 14.0. The smallest absolute Gasteiger partial charge is 0.257 e. The molecule has 1 saturated carbocycles. The number of hydrogen-bond donors (Lipinski definition) is 3. The van der Waals surface area contributed by atoms with Gasteiger partial charge in [-0.15, -0.1) is 0 Å². The third kappa shape index (κ3) is 2.66. The number of hydrogen-bond acceptors (Lipinski definition) is 4. The molecule has 5 nitrogen and oxygen atoms in total. The van der Waals surface area contributed by atoms with E-state index in [4.69, 9.17) is 0 Å². The highest BCUT2D eigenvalue weighted by Crippen LogP contribution is 2.30. The molecule has 0 spiro atoms. The number of aliphatic hydroxyl groups is 1. The van der Waals surface area contributed by atoms with Crippen molar-refractivity contribution in [3.63, 3.8) is 0 Å². The van der Waals surface area contributed by atoms with Crippen molar-refractivity contribution in [3.8, 4) is 11.5 Å². The first-order valence-electron chi connectivity index (χ1n) is 6.48. The van der Waals surface area contributed by atoms with Crippen LogP contribution in [0.4, 0.5) is 0 Å². The third-order valence-electron chi connectivity index (χ3n) is 3.76. The van der Waals surface area contributed by atoms with Gasteiger partial charge in [-0.1, -0.05) is 18.9 Å². The molecule has 0 heterocycles. The second-order valence-electron chi connectivity index (χ2n) is 5.01. The predicted molar refractivity (Wildman–Crippen MR) is 70.1 cm³/mol. The van der Waals surface area contributed by atoms with Crippen molar-refractivity contribution >= 4 is 5.91 Å². The van der Waals surface area contributed by atoms with Crippen molar-refractivity contribution in [1.82, 2.24) is 4.90 Å². The first-order chi connectivity index (χ1) is 9.02. The van der Waals surface area contributed by atoms with Crippen LogP contribution in [0.5, 0.6) is 11.5 Å². The summed E-state index contributed by atoms with van der Waals surface area (Å²) in [5.74, 6) is -1.12. The summed E-state index contributed by atoms with van der Waals surface area (Å²) < 4.78 is 0. The Kier molecular flexibility index (Phi) is 3.95. The number of amides is 1. The maximum absolute atomic E-state index is 12.3. The molecule has 5 heteroatoms. The third-order valence-corrected chi connectivity index (χ3v) is 3.76. The molecule has 1 aliphatic carbocycles. The van der Waals surface area contributed by atoms with Crippen molar-refractivity contribution < 1.29 is 20.1 Å². The first-order valence-corrected chi connectivity index (χ1v) is 6.48. The molecule has 2 atom stereocenters. The van der Waals surface area contributed by atoms with Crippen LogP contribution in [0, 0.1) is 0 Å². The molecule has 2 unspecified atom stereocenters. The molecule has 19 heavy (non-hydrogen) atoms. The van der Waals surface area contributed by atoms with E-state index in [0.717, 1.165) is 19.3 Å². The average molecular weight is 265 g/mol. The Morgan fingerprint density at radius 1 is 1.26 bits per heavy atom. The summed E-state index contributed by atoms with van der Waals surface area (Å²) in [4.78, 5) is 13.8. The molecule has 3 N–H and O–H groups in total. The van der Waals surface area contributed by atoms with Crippen molar-refractivity contribution in [1.29, 1.82) is 0 Å². The highest BCUT2D eigenvalue weighted by molar-refractivity contribution is 5.97. The molecular weight excluding hydrogens is 246 g/mol. The van der Waals surface area contributed by atoms with Gasteiger partial charge in [-0.2, -0.15) is 0 Å². The van der Waals surface area contributed by atoms with Crippen LogP contribution in [0.1, 0.15) is 36.0 Å². The van der Waals surface area contributed by atoms with Gasteiger partial charge >= 0.3 is 0 Å². The van der Waals surface area contributed by atoms with E-state index in [0.29, 0.717) is 6.42 Å². The Bertz CT molecular complexity index is 475. The van der Waals surface area contributed by atoms with E-state index in [-0.39, 0.29) is 23.3 Å². The van der Waals surface area contributed by atoms with E-state index in [1.165, 1.54) is 23.1 Å². The predicted octanol–water partition coefficient (Wildman–Crippen LogP) is 1.47. The van der Waals surface area contributed by atoms with Crippen LogP contribution in [0.2, 0.25) is 0 Å². The van der Waals surface area contributed by atoms with E-state index >= 15 is 0 Å². The zero-order valence-electron chi connectivity index (χ0n) is 10.9. The molecule has 104 valence electrons. The molecule has 0 radical (unpaired) electrons. The van der Waals surface area contributed by atoms with E-state index < -0.39 is 11.9 Å². The SMILES string of the molecule is CN(C(=O)c1cccc(O)c1O)C1CCCCC1O. The van der Waals surface area contributed by atoms with Gasteiger partial charge in [0.1, 0.15) is 0 Å². The van der Waals surface area contributed by atoms with E-state index in [1.54, 1.807) is 7.05 Å². The lowest BCUT2D eigenvalue weighted by molar-refractivity contribution is 0.0266. The van der Waals surface area contributed by atoms with Crippen LogP contribution in [-0.4, -0.2) is 45.3 Å². The van der Waals surface area contributed by atoms with Crippen LogP contribution < -0.4 is 0 Å². The summed E-state index contributed by atoms with van der Waals surface area (Å²) in [7, 11) is 1.62. The molecule has 1 aromatic rings. The molecule has 2 rings (SSSR count). The number of phenolic OH excluding ortho intramolecular Hbond substituents is 2. The summed E-state index contributed by atoms with van der Waals surface area (Å²) in [5, 5.41) is 29.1. The number of benzene rings is 1. The number of rotatable bonds is 2. The maximum atomic E-state index is 12.3. The van der Waals surface area contributed by atoms with E-state index in [9.17, 15) is 20.1 Å². The fourth-order valence-electron chi connectivity index (χ4n) is 2.59. The minimum absolute atomic E-state index is 0.0558. The van der Waals surface area contributed by atoms with Gasteiger partial charge in [0.05, 0.1) is 17.7 Å². The van der Waals surface area contributed by atoms with Gasteiger partial charge in [-0.05, 0) is 25.0 Å². The summed E-state index contributed by atoms with van der Waals surface area (Å²) in [6.07, 6.45) is 2.86. The van der Waals surface area contributed by atoms with Crippen LogP contribution >= 0.6 is 0 Å². The Morgan fingerprint density at radius 3 is 2.63 bits per heavy atom. The summed E-state index contributed by atoms with van der Waals surface area (Å²) in [5.41, 5.74) is 0.0558. The number of carbonyl (C=O) groups excluding carboxylic acids is 1. The standard InChI is InChI=1S/C14H19NO4/c1-15(10-6-2-3-7-11(10)16)14(19)9-5-4-8-12(17)13(9)18/h4-5,8,10-11,16-18H,2-3,6-7H2,1H3. The average Bonchev–Trinajstić information content (AvgIpc) is 2.41. The fraction of sp³-hybridized carbons (Fsp3) is 0.500. The monoisotopic (exact) mass is 265 g/mol. The van der Waals surface area contributed by atoms with Crippen molar-refractivity contribution in [2.24, 2.45) is 0 Å². The van der Waals surface area contributed by atoms with Crippen molar-refractivity contribution in [2.45, 2.75) is 37.8 Å². The van der Waals surface area contributed by atoms with Gasteiger partial charge in [0.2, 0.25) is 0 Å². The fourth-order valence-corrected chi connectivity index (χ4v) is 2.59. The molecule has 1 amide bonds. The van der Waals surface area contributed by atoms with Crippen LogP contribution in [0.25, 0.3) is 0 Å². The highest BCUT2D eigenvalue weighted by Gasteiger charge is 2.30. The van der Waals surface area contributed by atoms with E-state index in [2.05, 4.69) is 0 Å². The zero-order valence-corrected chi connectivity index (χ0v) is 10.9. The van der Waals surface area contributed by atoms with Gasteiger partial charge < -0.3 is 20.2 Å². The molecule has 0 aromatic heterocycles. The normalized spacial score (nSPS) is 23.1. The first kappa shape index (κ1) is 13.7. The second-order valence-corrected chi connectivity index (χ2v) is 5.01. The Labute approximate surface area is 112 Å². The van der Waals surface area contributed by atoms with Gasteiger partial charge in [0.15, 0.2) is 11.5 Å². The lowest BCUT2D eigenvalue weighted by Gasteiger charge is -2.35. The number of carbonyl (C=O) groups is 1. The molecule has 1 aliphatic rings. The summed E-state index contributed by atoms with van der Waals surface area (Å²) in [6.45, 7) is 0. The summed E-state index contributed by atoms with van der Waals surface area (Å²) >= 11 is 0. The van der Waals surface area contributed by atoms with Crippen molar-refractivity contribution in [3.05, 3.63) is 23.8 Å². The Balaban J connectivity index is 2.21. The highest BCUT2D eigenvalue weighted by atomic mass is 16.3. The van der Waals surface area contributed by atoms with Gasteiger partial charge in [-0.25, -0.2) is 0 Å². The molecule has 1 fully saturated rings. The minimum Gasteiger partial charge on any atom is -0.504 e. The van der Waals surface area contributed by atoms with Gasteiger partial charge in [0, 0.05) is 7.05 Å². The lowest BCUT2D eigenvalue weighted by atomic mass is 9.91. The largest absolute Gasteiger partial charge is 0.504 e. The van der Waals surface area contributed by atoms with E-state index in [1.807, 2.05) is 0 Å². The molecular formula is C14H19NO4. The molecule has 0 saturated heterocycles. The Hall–Kier alpha value is -1.75. The maximum Gasteiger partial charge on any atom is 0.257 e. The number of aliphatic hydroxyl groups excluding tert-OH is 1. The van der Waals surface area contributed by atoms with Crippen molar-refractivity contribution in [2.75, 3.05) is 7.05 Å². The number of aromatic hydroxyl groups is 2. The molecule has 1 aromatic carbocycles. The summed E-state index contributed by atoms with van der Waals surface area (Å²) in [6, 6.07) is 4.06. The van der Waals surface area contributed by atoms with Crippen LogP contribution in [-0.2, 0) is 0 Å². The molecule has 0 aliphatic heterocycles. The second kappa shape index (κ2) is 5.48. The minimum atomic E-state index is -0.526. The van der Waals surface area contributed by atoms with Crippen LogP contribution in [0.3, 0.4) is 0 Å². The number of nitrogens with zero attached hydrogens (tertiary/aromatic N) is 1. The topological polar surface area (TPSA) is 81.0 Å². The molecule has 0 bridgehead atoms. The lowest BCUT2D eigenvalue weighted by Crippen LogP contribution is -2.46.